The maximum absolute atomic E-state index is 12.5. The fourth-order valence-electron chi connectivity index (χ4n) is 0.764. The molecule has 0 aromatic carbocycles. The number of carbonyl (C=O) groups excluding carboxylic acids is 1. The Morgan fingerprint density at radius 1 is 1.47 bits per heavy atom. The summed E-state index contributed by atoms with van der Waals surface area (Å²) in [7, 11) is 0. The van der Waals surface area contributed by atoms with Crippen molar-refractivity contribution in [2.75, 3.05) is 6.80 Å². The first-order chi connectivity index (χ1) is 6.69. The van der Waals surface area contributed by atoms with Gasteiger partial charge in [-0.3, -0.25) is 4.90 Å². The van der Waals surface area contributed by atoms with Gasteiger partial charge in [-0.2, -0.15) is 0 Å². The maximum Gasteiger partial charge on any atom is 0.413 e. The van der Waals surface area contributed by atoms with Gasteiger partial charge in [0.2, 0.25) is 0 Å². The number of hydrogen-bond acceptors (Lipinski definition) is 3. The van der Waals surface area contributed by atoms with Gasteiger partial charge in [-0.1, -0.05) is 0 Å². The number of carboxylic acid groups (broad SMARTS) is 1. The van der Waals surface area contributed by atoms with Crippen LogP contribution in [0.1, 0.15) is 27.7 Å². The maximum atomic E-state index is 12.5. The normalized spacial score (nSPS) is 13.1. The van der Waals surface area contributed by atoms with Crippen molar-refractivity contribution in [3.63, 3.8) is 0 Å². The van der Waals surface area contributed by atoms with E-state index in [1.54, 1.807) is 20.8 Å². The van der Waals surface area contributed by atoms with Crippen LogP contribution in [0.4, 0.5) is 9.18 Å². The number of nitrogens with zero attached hydrogens (tertiary/aromatic N) is 1. The van der Waals surface area contributed by atoms with Crippen molar-refractivity contribution in [2.24, 2.45) is 0 Å². The Bertz CT molecular complexity index is 249. The van der Waals surface area contributed by atoms with Gasteiger partial charge in [-0.05, 0) is 27.7 Å². The molecule has 0 aromatic heterocycles. The van der Waals surface area contributed by atoms with Gasteiger partial charge in [-0.25, -0.2) is 14.0 Å². The van der Waals surface area contributed by atoms with Gasteiger partial charge in [0.1, 0.15) is 11.6 Å². The molecule has 0 aromatic rings. The molecule has 0 aliphatic heterocycles. The lowest BCUT2D eigenvalue weighted by Gasteiger charge is -2.27. The van der Waals surface area contributed by atoms with Gasteiger partial charge >= 0.3 is 12.1 Å². The summed E-state index contributed by atoms with van der Waals surface area (Å²) in [5.41, 5.74) is -0.775. The molecular formula is C9H16FNO4. The van der Waals surface area contributed by atoms with E-state index >= 15 is 0 Å². The van der Waals surface area contributed by atoms with Gasteiger partial charge in [-0.15, -0.1) is 0 Å². The predicted octanol–water partition coefficient (Wildman–Crippen LogP) is 1.62. The summed E-state index contributed by atoms with van der Waals surface area (Å²) in [6.07, 6.45) is -0.972. The Balaban J connectivity index is 4.55. The quantitative estimate of drug-likeness (QED) is 0.735. The molecule has 1 N–H and O–H groups in total. The molecule has 1 amide bonds. The van der Waals surface area contributed by atoms with Gasteiger partial charge in [0, 0.05) is 0 Å². The summed E-state index contributed by atoms with van der Waals surface area (Å²) in [5.74, 6) is -1.28. The minimum atomic E-state index is -1.28. The third-order valence-electron chi connectivity index (χ3n) is 1.58. The van der Waals surface area contributed by atoms with Gasteiger partial charge in [0.25, 0.3) is 0 Å². The van der Waals surface area contributed by atoms with Crippen LogP contribution in [0, 0.1) is 0 Å². The summed E-state index contributed by atoms with van der Waals surface area (Å²) in [6.45, 7) is 4.88. The topological polar surface area (TPSA) is 66.8 Å². The summed E-state index contributed by atoms with van der Waals surface area (Å²) < 4.78 is 17.3. The molecule has 6 heteroatoms. The number of ether oxygens (including phenoxy) is 1. The highest BCUT2D eigenvalue weighted by atomic mass is 19.1. The van der Waals surface area contributed by atoms with Crippen molar-refractivity contribution in [1.82, 2.24) is 4.90 Å². The molecular weight excluding hydrogens is 205 g/mol. The number of rotatable bonds is 3. The molecule has 0 aliphatic rings. The minimum absolute atomic E-state index is 0.508. The number of halogens is 1. The van der Waals surface area contributed by atoms with E-state index in [1.165, 1.54) is 6.92 Å². The molecule has 0 radical (unpaired) electrons. The van der Waals surface area contributed by atoms with Crippen LogP contribution in [0.2, 0.25) is 0 Å². The van der Waals surface area contributed by atoms with E-state index in [2.05, 4.69) is 0 Å². The number of amides is 1. The van der Waals surface area contributed by atoms with E-state index in [4.69, 9.17) is 9.84 Å². The zero-order valence-electron chi connectivity index (χ0n) is 9.28. The van der Waals surface area contributed by atoms with Gasteiger partial charge in [0.15, 0.2) is 6.80 Å². The number of carbonyl (C=O) groups is 2. The summed E-state index contributed by atoms with van der Waals surface area (Å²) >= 11 is 0. The number of alkyl halides is 1. The van der Waals surface area contributed by atoms with Crippen molar-refractivity contribution in [1.29, 1.82) is 0 Å². The molecule has 5 nitrogen and oxygen atoms in total. The van der Waals surface area contributed by atoms with E-state index in [0.717, 1.165) is 0 Å². The summed E-state index contributed by atoms with van der Waals surface area (Å²) in [5, 5.41) is 8.61. The molecule has 0 saturated carbocycles. The Morgan fingerprint density at radius 3 is 2.20 bits per heavy atom. The third-order valence-corrected chi connectivity index (χ3v) is 1.58. The standard InChI is InChI=1S/C9H16FNO4/c1-6(7(12)13)11(5-10)8(14)15-9(2,3)4/h6H,5H2,1-4H3,(H,12,13). The average molecular weight is 221 g/mol. The highest BCUT2D eigenvalue weighted by Crippen LogP contribution is 2.12. The lowest BCUT2D eigenvalue weighted by molar-refractivity contribution is -0.143. The third kappa shape index (κ3) is 4.62. The van der Waals surface area contributed by atoms with Crippen LogP contribution in [-0.2, 0) is 9.53 Å². The van der Waals surface area contributed by atoms with Crippen molar-refractivity contribution < 1.29 is 23.8 Å². The molecule has 15 heavy (non-hydrogen) atoms. The second-order valence-electron chi connectivity index (χ2n) is 4.08. The Hall–Kier alpha value is -1.33. The van der Waals surface area contributed by atoms with Crippen molar-refractivity contribution >= 4 is 12.1 Å². The van der Waals surface area contributed by atoms with Gasteiger partial charge in [0.05, 0.1) is 0 Å². The molecule has 0 spiro atoms. The molecule has 0 bridgehead atoms. The molecule has 0 rings (SSSR count). The SMILES string of the molecule is CC(C(=O)O)N(CF)C(=O)OC(C)(C)C. The number of aliphatic carboxylic acids is 1. The number of hydrogen-bond donors (Lipinski definition) is 1. The van der Waals surface area contributed by atoms with E-state index in [1.807, 2.05) is 0 Å². The monoisotopic (exact) mass is 221 g/mol. The zero-order valence-corrected chi connectivity index (χ0v) is 9.28. The van der Waals surface area contributed by atoms with Crippen molar-refractivity contribution in [2.45, 2.75) is 39.3 Å². The lowest BCUT2D eigenvalue weighted by atomic mass is 10.2. The molecule has 0 heterocycles. The van der Waals surface area contributed by atoms with Crippen LogP contribution in [0.25, 0.3) is 0 Å². The molecule has 0 fully saturated rings. The smallest absolute Gasteiger partial charge is 0.413 e. The van der Waals surface area contributed by atoms with E-state index in [0.29, 0.717) is 4.90 Å². The summed E-state index contributed by atoms with van der Waals surface area (Å²) in [4.78, 5) is 22.4. The first-order valence-electron chi connectivity index (χ1n) is 4.47. The molecule has 0 aliphatic carbocycles. The Labute approximate surface area is 87.8 Å². The largest absolute Gasteiger partial charge is 0.480 e. The van der Waals surface area contributed by atoms with Crippen LogP contribution >= 0.6 is 0 Å². The molecule has 0 saturated heterocycles. The Kier molecular flexibility index (Phi) is 4.51. The summed E-state index contributed by atoms with van der Waals surface area (Å²) in [6, 6.07) is -1.25. The Morgan fingerprint density at radius 2 is 1.93 bits per heavy atom. The predicted molar refractivity (Wildman–Crippen MR) is 51.1 cm³/mol. The first-order valence-corrected chi connectivity index (χ1v) is 4.47. The van der Waals surface area contributed by atoms with Crippen LogP contribution in [0.5, 0.6) is 0 Å². The van der Waals surface area contributed by atoms with Crippen LogP contribution in [0.3, 0.4) is 0 Å². The first kappa shape index (κ1) is 13.7. The number of carboxylic acids is 1. The van der Waals surface area contributed by atoms with Crippen LogP contribution in [-0.4, -0.2) is 40.5 Å². The van der Waals surface area contributed by atoms with E-state index < -0.39 is 30.5 Å². The second kappa shape index (κ2) is 4.95. The van der Waals surface area contributed by atoms with Crippen LogP contribution < -0.4 is 0 Å². The highest BCUT2D eigenvalue weighted by Gasteiger charge is 2.29. The average Bonchev–Trinajstić information content (AvgIpc) is 2.01. The zero-order chi connectivity index (χ0) is 12.2. The lowest BCUT2D eigenvalue weighted by Crippen LogP contribution is -2.45. The van der Waals surface area contributed by atoms with Crippen molar-refractivity contribution in [3.05, 3.63) is 0 Å². The molecule has 1 unspecified atom stereocenters. The molecule has 1 atom stereocenters. The highest BCUT2D eigenvalue weighted by molar-refractivity contribution is 5.79. The van der Waals surface area contributed by atoms with E-state index in [-0.39, 0.29) is 0 Å². The molecule has 88 valence electrons. The minimum Gasteiger partial charge on any atom is -0.480 e. The van der Waals surface area contributed by atoms with Crippen LogP contribution in [0.15, 0.2) is 0 Å². The second-order valence-corrected chi connectivity index (χ2v) is 4.08. The fraction of sp³-hybridized carbons (Fsp3) is 0.778. The van der Waals surface area contributed by atoms with Gasteiger partial charge < -0.3 is 9.84 Å². The van der Waals surface area contributed by atoms with Crippen molar-refractivity contribution in [3.8, 4) is 0 Å². The fourth-order valence-corrected chi connectivity index (χ4v) is 0.764. The van der Waals surface area contributed by atoms with E-state index in [9.17, 15) is 14.0 Å².